The third-order valence-corrected chi connectivity index (χ3v) is 4.07. The van der Waals surface area contributed by atoms with Gasteiger partial charge in [-0.25, -0.2) is 4.79 Å². The number of rotatable bonds is 7. The van der Waals surface area contributed by atoms with Crippen molar-refractivity contribution in [2.24, 2.45) is 0 Å². The van der Waals surface area contributed by atoms with E-state index in [1.165, 1.54) is 0 Å². The molecule has 0 spiro atoms. The van der Waals surface area contributed by atoms with Gasteiger partial charge in [0.05, 0.1) is 0 Å². The fraction of sp³-hybridized carbons (Fsp3) is 0.300. The zero-order chi connectivity index (χ0) is 19.1. The lowest BCUT2D eigenvalue weighted by molar-refractivity contribution is 0.0950. The standard InChI is InChI=1S/C20H23N3O4/c1-2-8-21-20(25)23-12-15-5-3-4-14(9-15)11-22-19(24)16-6-7-17-18(10-16)27-13-26-17/h3-7,9-10H,2,8,11-13H2,1H3,(H,22,24)(H2,21,23,25). The van der Waals surface area contributed by atoms with Crippen molar-refractivity contribution in [3.63, 3.8) is 0 Å². The molecule has 0 aromatic heterocycles. The van der Waals surface area contributed by atoms with E-state index in [-0.39, 0.29) is 18.7 Å². The van der Waals surface area contributed by atoms with Crippen LogP contribution in [0, 0.1) is 0 Å². The third-order valence-electron chi connectivity index (χ3n) is 4.07. The Hall–Kier alpha value is -3.22. The third kappa shape index (κ3) is 5.13. The van der Waals surface area contributed by atoms with Gasteiger partial charge in [-0.1, -0.05) is 31.2 Å². The van der Waals surface area contributed by atoms with Crippen LogP contribution >= 0.6 is 0 Å². The average Bonchev–Trinajstić information content (AvgIpc) is 3.17. The number of hydrogen-bond donors (Lipinski definition) is 3. The van der Waals surface area contributed by atoms with E-state index in [0.717, 1.165) is 17.5 Å². The van der Waals surface area contributed by atoms with E-state index in [1.54, 1.807) is 18.2 Å². The number of amides is 3. The van der Waals surface area contributed by atoms with Crippen LogP contribution in [0.3, 0.4) is 0 Å². The molecule has 0 radical (unpaired) electrons. The summed E-state index contributed by atoms with van der Waals surface area (Å²) in [6, 6.07) is 12.7. The Bertz CT molecular complexity index is 823. The average molecular weight is 369 g/mol. The zero-order valence-electron chi connectivity index (χ0n) is 15.2. The fourth-order valence-electron chi connectivity index (χ4n) is 2.66. The monoisotopic (exact) mass is 369 g/mol. The highest BCUT2D eigenvalue weighted by atomic mass is 16.7. The second-order valence-electron chi connectivity index (χ2n) is 6.18. The fourth-order valence-corrected chi connectivity index (χ4v) is 2.66. The van der Waals surface area contributed by atoms with E-state index in [2.05, 4.69) is 16.0 Å². The van der Waals surface area contributed by atoms with Gasteiger partial charge in [-0.15, -0.1) is 0 Å². The highest BCUT2D eigenvalue weighted by Crippen LogP contribution is 2.32. The predicted octanol–water partition coefficient (Wildman–Crippen LogP) is 2.55. The van der Waals surface area contributed by atoms with Crippen LogP contribution in [0.5, 0.6) is 11.5 Å². The quantitative estimate of drug-likeness (QED) is 0.700. The Morgan fingerprint density at radius 3 is 2.44 bits per heavy atom. The van der Waals surface area contributed by atoms with Gasteiger partial charge in [0.25, 0.3) is 5.91 Å². The molecule has 0 bridgehead atoms. The maximum Gasteiger partial charge on any atom is 0.315 e. The van der Waals surface area contributed by atoms with Crippen LogP contribution in [0.25, 0.3) is 0 Å². The molecule has 3 N–H and O–H groups in total. The molecule has 7 heteroatoms. The lowest BCUT2D eigenvalue weighted by atomic mass is 10.1. The van der Waals surface area contributed by atoms with E-state index < -0.39 is 0 Å². The number of carbonyl (C=O) groups is 2. The van der Waals surface area contributed by atoms with Crippen molar-refractivity contribution in [1.82, 2.24) is 16.0 Å². The van der Waals surface area contributed by atoms with Crippen LogP contribution in [0.15, 0.2) is 42.5 Å². The van der Waals surface area contributed by atoms with Crippen molar-refractivity contribution in [3.8, 4) is 11.5 Å². The molecule has 1 aliphatic rings. The maximum atomic E-state index is 12.3. The molecule has 2 aromatic carbocycles. The van der Waals surface area contributed by atoms with E-state index in [0.29, 0.717) is 36.7 Å². The van der Waals surface area contributed by atoms with Gasteiger partial charge in [0.1, 0.15) is 0 Å². The zero-order valence-corrected chi connectivity index (χ0v) is 15.2. The largest absolute Gasteiger partial charge is 0.454 e. The molecule has 0 unspecified atom stereocenters. The van der Waals surface area contributed by atoms with E-state index in [4.69, 9.17) is 9.47 Å². The predicted molar refractivity (Wildman–Crippen MR) is 101 cm³/mol. The first-order chi connectivity index (χ1) is 13.2. The summed E-state index contributed by atoms with van der Waals surface area (Å²) in [4.78, 5) is 24.0. The van der Waals surface area contributed by atoms with Gasteiger partial charge < -0.3 is 25.4 Å². The van der Waals surface area contributed by atoms with Gasteiger partial charge in [0, 0.05) is 25.2 Å². The Morgan fingerprint density at radius 2 is 1.67 bits per heavy atom. The Balaban J connectivity index is 1.52. The first-order valence-electron chi connectivity index (χ1n) is 8.93. The number of carbonyl (C=O) groups excluding carboxylic acids is 2. The molecule has 142 valence electrons. The molecule has 1 aliphatic heterocycles. The molecular weight excluding hydrogens is 346 g/mol. The van der Waals surface area contributed by atoms with Gasteiger partial charge in [-0.05, 0) is 35.7 Å². The minimum Gasteiger partial charge on any atom is -0.454 e. The van der Waals surface area contributed by atoms with Crippen LogP contribution in [0.1, 0.15) is 34.8 Å². The van der Waals surface area contributed by atoms with Crippen LogP contribution in [0.2, 0.25) is 0 Å². The minimum atomic E-state index is -0.184. The van der Waals surface area contributed by atoms with Gasteiger partial charge in [0.2, 0.25) is 6.79 Å². The number of hydrogen-bond acceptors (Lipinski definition) is 4. The summed E-state index contributed by atoms with van der Waals surface area (Å²) in [6.45, 7) is 3.65. The Labute approximate surface area is 158 Å². The minimum absolute atomic E-state index is 0.178. The molecule has 1 heterocycles. The molecule has 27 heavy (non-hydrogen) atoms. The van der Waals surface area contributed by atoms with Crippen molar-refractivity contribution in [2.45, 2.75) is 26.4 Å². The molecule has 0 atom stereocenters. The van der Waals surface area contributed by atoms with Gasteiger partial charge in [-0.3, -0.25) is 4.79 Å². The SMILES string of the molecule is CCCNC(=O)NCc1cccc(CNC(=O)c2ccc3c(c2)OCO3)c1. The van der Waals surface area contributed by atoms with E-state index in [9.17, 15) is 9.59 Å². The summed E-state index contributed by atoms with van der Waals surface area (Å²) in [6.07, 6.45) is 0.895. The highest BCUT2D eigenvalue weighted by Gasteiger charge is 2.16. The van der Waals surface area contributed by atoms with Gasteiger partial charge in [0.15, 0.2) is 11.5 Å². The van der Waals surface area contributed by atoms with Gasteiger partial charge in [-0.2, -0.15) is 0 Å². The summed E-state index contributed by atoms with van der Waals surface area (Å²) in [5, 5.41) is 8.47. The summed E-state index contributed by atoms with van der Waals surface area (Å²) in [5.74, 6) is 1.04. The second-order valence-corrected chi connectivity index (χ2v) is 6.18. The summed E-state index contributed by atoms with van der Waals surface area (Å²) < 4.78 is 10.5. The normalized spacial score (nSPS) is 11.7. The first-order valence-corrected chi connectivity index (χ1v) is 8.93. The van der Waals surface area contributed by atoms with Crippen molar-refractivity contribution in [2.75, 3.05) is 13.3 Å². The molecule has 2 aromatic rings. The van der Waals surface area contributed by atoms with Crippen LogP contribution in [0.4, 0.5) is 4.79 Å². The Morgan fingerprint density at radius 1 is 0.926 bits per heavy atom. The van der Waals surface area contributed by atoms with E-state index in [1.807, 2.05) is 31.2 Å². The Kier molecular flexibility index (Phi) is 6.14. The highest BCUT2D eigenvalue weighted by molar-refractivity contribution is 5.94. The number of ether oxygens (including phenoxy) is 2. The summed E-state index contributed by atoms with van der Waals surface area (Å²) in [5.41, 5.74) is 2.44. The van der Waals surface area contributed by atoms with Gasteiger partial charge >= 0.3 is 6.03 Å². The molecule has 3 rings (SSSR count). The first kappa shape index (κ1) is 18.6. The summed E-state index contributed by atoms with van der Waals surface area (Å²) in [7, 11) is 0. The number of urea groups is 1. The van der Waals surface area contributed by atoms with Crippen LogP contribution in [-0.2, 0) is 13.1 Å². The lowest BCUT2D eigenvalue weighted by Gasteiger charge is -2.09. The molecule has 0 saturated heterocycles. The van der Waals surface area contributed by atoms with E-state index >= 15 is 0 Å². The molecule has 0 saturated carbocycles. The van der Waals surface area contributed by atoms with Crippen molar-refractivity contribution in [3.05, 3.63) is 59.2 Å². The summed E-state index contributed by atoms with van der Waals surface area (Å²) >= 11 is 0. The van der Waals surface area contributed by atoms with Crippen molar-refractivity contribution in [1.29, 1.82) is 0 Å². The van der Waals surface area contributed by atoms with Crippen molar-refractivity contribution < 1.29 is 19.1 Å². The number of fused-ring (bicyclic) bond motifs is 1. The smallest absolute Gasteiger partial charge is 0.315 e. The number of benzene rings is 2. The molecule has 3 amide bonds. The second kappa shape index (κ2) is 8.93. The van der Waals surface area contributed by atoms with Crippen LogP contribution in [-0.4, -0.2) is 25.3 Å². The molecular formula is C20H23N3O4. The lowest BCUT2D eigenvalue weighted by Crippen LogP contribution is -2.35. The number of nitrogens with one attached hydrogen (secondary N) is 3. The molecule has 0 aliphatic carbocycles. The van der Waals surface area contributed by atoms with Crippen molar-refractivity contribution >= 4 is 11.9 Å². The maximum absolute atomic E-state index is 12.3. The molecule has 7 nitrogen and oxygen atoms in total. The van der Waals surface area contributed by atoms with Crippen LogP contribution < -0.4 is 25.4 Å². The topological polar surface area (TPSA) is 88.7 Å². The molecule has 0 fully saturated rings.